The van der Waals surface area contributed by atoms with Gasteiger partial charge in [-0.25, -0.2) is 9.97 Å². The lowest BCUT2D eigenvalue weighted by atomic mass is 9.93. The van der Waals surface area contributed by atoms with E-state index in [0.717, 1.165) is 69.7 Å². The van der Waals surface area contributed by atoms with Gasteiger partial charge in [0.15, 0.2) is 0 Å². The molecular weight excluding hydrogens is 362 g/mol. The van der Waals surface area contributed by atoms with Crippen LogP contribution in [0.1, 0.15) is 67.0 Å². The molecule has 5 rings (SSSR count). The van der Waals surface area contributed by atoms with Crippen LogP contribution in [0.5, 0.6) is 0 Å². The highest BCUT2D eigenvalue weighted by molar-refractivity contribution is 5.56. The molecule has 2 aromatic rings. The Bertz CT molecular complexity index is 1010. The predicted octanol–water partition coefficient (Wildman–Crippen LogP) is 3.18. The van der Waals surface area contributed by atoms with Gasteiger partial charge in [-0.05, 0) is 68.9 Å². The number of hydrogen-bond acceptors (Lipinski definition) is 5. The first kappa shape index (κ1) is 18.4. The number of pyridine rings is 1. The van der Waals surface area contributed by atoms with E-state index < -0.39 is 0 Å². The molecule has 150 valence electrons. The molecular formula is C23H27N5O. The van der Waals surface area contributed by atoms with Crippen LogP contribution in [-0.4, -0.2) is 27.6 Å². The second kappa shape index (κ2) is 7.62. The summed E-state index contributed by atoms with van der Waals surface area (Å²) in [5.74, 6) is 1.83. The van der Waals surface area contributed by atoms with E-state index in [1.165, 1.54) is 24.1 Å². The third-order valence-corrected chi connectivity index (χ3v) is 6.67. The van der Waals surface area contributed by atoms with Crippen LogP contribution in [0.25, 0.3) is 0 Å². The monoisotopic (exact) mass is 389 g/mol. The van der Waals surface area contributed by atoms with Crippen LogP contribution in [0.2, 0.25) is 0 Å². The first-order valence-corrected chi connectivity index (χ1v) is 11.0. The van der Waals surface area contributed by atoms with E-state index in [-0.39, 0.29) is 5.56 Å². The molecule has 3 aliphatic rings. The number of aromatic nitrogens is 3. The third kappa shape index (κ3) is 3.78. The molecule has 6 nitrogen and oxygen atoms in total. The number of nitriles is 1. The molecule has 29 heavy (non-hydrogen) atoms. The summed E-state index contributed by atoms with van der Waals surface area (Å²) in [6.07, 6.45) is 10.5. The van der Waals surface area contributed by atoms with Crippen LogP contribution in [0.4, 0.5) is 5.82 Å². The Labute approximate surface area is 171 Å². The molecule has 0 unspecified atom stereocenters. The smallest absolute Gasteiger partial charge is 0.253 e. The zero-order chi connectivity index (χ0) is 19.8. The number of hydrogen-bond donors (Lipinski definition) is 0. The minimum absolute atomic E-state index is 0.0763. The maximum Gasteiger partial charge on any atom is 0.253 e. The van der Waals surface area contributed by atoms with Gasteiger partial charge in [-0.2, -0.15) is 5.26 Å². The van der Waals surface area contributed by atoms with E-state index in [2.05, 4.69) is 22.0 Å². The summed E-state index contributed by atoms with van der Waals surface area (Å²) in [6.45, 7) is 2.49. The predicted molar refractivity (Wildman–Crippen MR) is 111 cm³/mol. The molecule has 0 radical (unpaired) electrons. The molecule has 0 N–H and O–H groups in total. The number of aryl methyl sites for hydroxylation is 2. The average molecular weight is 390 g/mol. The van der Waals surface area contributed by atoms with Crippen LogP contribution >= 0.6 is 0 Å². The molecule has 1 saturated carbocycles. The van der Waals surface area contributed by atoms with E-state index in [9.17, 15) is 10.1 Å². The Morgan fingerprint density at radius 3 is 2.62 bits per heavy atom. The Kier molecular flexibility index (Phi) is 4.83. The van der Waals surface area contributed by atoms with Gasteiger partial charge >= 0.3 is 0 Å². The van der Waals surface area contributed by atoms with Crippen molar-refractivity contribution in [2.24, 2.45) is 5.92 Å². The summed E-state index contributed by atoms with van der Waals surface area (Å²) < 4.78 is 1.77. The second-order valence-electron chi connectivity index (χ2n) is 8.79. The highest BCUT2D eigenvalue weighted by Gasteiger charge is 2.27. The van der Waals surface area contributed by atoms with Crippen molar-refractivity contribution in [1.29, 1.82) is 5.26 Å². The SMILES string of the molecule is N#Cc1cc2c(nc1N1CCC(Cn3cnc(C4CC4)cc3=O)CC1)CCCC2. The highest BCUT2D eigenvalue weighted by Crippen LogP contribution is 2.38. The van der Waals surface area contributed by atoms with Gasteiger partial charge in [-0.3, -0.25) is 9.36 Å². The summed E-state index contributed by atoms with van der Waals surface area (Å²) in [5, 5.41) is 9.63. The molecule has 0 atom stereocenters. The van der Waals surface area contributed by atoms with Crippen LogP contribution in [-0.2, 0) is 19.4 Å². The van der Waals surface area contributed by atoms with E-state index in [1.54, 1.807) is 17.0 Å². The Balaban J connectivity index is 1.26. The summed E-state index contributed by atoms with van der Waals surface area (Å²) in [5.41, 5.74) is 4.19. The standard InChI is InChI=1S/C23H27N5O/c24-13-19-11-18-3-1-2-4-20(18)26-23(19)27-9-7-16(8-10-27)14-28-15-25-21(12-22(28)29)17-5-6-17/h11-12,15-17H,1-10,14H2. The molecule has 2 aromatic heterocycles. The zero-order valence-electron chi connectivity index (χ0n) is 16.8. The zero-order valence-corrected chi connectivity index (χ0v) is 16.8. The van der Waals surface area contributed by atoms with Crippen LogP contribution < -0.4 is 10.5 Å². The maximum absolute atomic E-state index is 12.4. The van der Waals surface area contributed by atoms with Gasteiger partial charge in [0, 0.05) is 37.3 Å². The minimum Gasteiger partial charge on any atom is -0.355 e. The van der Waals surface area contributed by atoms with Gasteiger partial charge < -0.3 is 4.90 Å². The lowest BCUT2D eigenvalue weighted by molar-refractivity contribution is 0.349. The summed E-state index contributed by atoms with van der Waals surface area (Å²) in [4.78, 5) is 24.1. The molecule has 0 aromatic carbocycles. The summed E-state index contributed by atoms with van der Waals surface area (Å²) in [7, 11) is 0. The number of nitrogens with zero attached hydrogens (tertiary/aromatic N) is 5. The van der Waals surface area contributed by atoms with E-state index in [1.807, 2.05) is 0 Å². The third-order valence-electron chi connectivity index (χ3n) is 6.67. The Morgan fingerprint density at radius 1 is 1.10 bits per heavy atom. The van der Waals surface area contributed by atoms with Crippen molar-refractivity contribution in [1.82, 2.24) is 14.5 Å². The minimum atomic E-state index is 0.0763. The fraction of sp³-hybridized carbons (Fsp3) is 0.565. The van der Waals surface area contributed by atoms with Gasteiger partial charge in [0.2, 0.25) is 0 Å². The molecule has 0 spiro atoms. The largest absolute Gasteiger partial charge is 0.355 e. The van der Waals surface area contributed by atoms with Crippen LogP contribution in [0, 0.1) is 17.2 Å². The molecule has 0 amide bonds. The van der Waals surface area contributed by atoms with Gasteiger partial charge in [-0.1, -0.05) is 0 Å². The molecule has 6 heteroatoms. The molecule has 1 saturated heterocycles. The first-order valence-electron chi connectivity index (χ1n) is 11.0. The van der Waals surface area contributed by atoms with Crippen LogP contribution in [0.3, 0.4) is 0 Å². The molecule has 1 aliphatic heterocycles. The van der Waals surface area contributed by atoms with Gasteiger partial charge in [0.1, 0.15) is 11.9 Å². The molecule has 0 bridgehead atoms. The van der Waals surface area contributed by atoms with Crippen LogP contribution in [0.15, 0.2) is 23.3 Å². The fourth-order valence-electron chi connectivity index (χ4n) is 4.73. The van der Waals surface area contributed by atoms with Crippen molar-refractivity contribution in [2.75, 3.05) is 18.0 Å². The van der Waals surface area contributed by atoms with E-state index in [4.69, 9.17) is 4.98 Å². The number of rotatable bonds is 4. The lowest BCUT2D eigenvalue weighted by Crippen LogP contribution is -2.37. The topological polar surface area (TPSA) is 74.8 Å². The van der Waals surface area contributed by atoms with Crippen molar-refractivity contribution < 1.29 is 0 Å². The van der Waals surface area contributed by atoms with Crippen molar-refractivity contribution in [2.45, 2.75) is 63.8 Å². The van der Waals surface area contributed by atoms with Gasteiger partial charge in [0.05, 0.1) is 17.6 Å². The summed E-state index contributed by atoms with van der Waals surface area (Å²) in [6, 6.07) is 6.15. The molecule has 2 fully saturated rings. The van der Waals surface area contributed by atoms with Crippen molar-refractivity contribution in [3.05, 3.63) is 51.3 Å². The van der Waals surface area contributed by atoms with Crippen molar-refractivity contribution in [3.8, 4) is 6.07 Å². The molecule has 3 heterocycles. The first-order chi connectivity index (χ1) is 14.2. The normalized spacial score (nSPS) is 19.6. The highest BCUT2D eigenvalue weighted by atomic mass is 16.1. The lowest BCUT2D eigenvalue weighted by Gasteiger charge is -2.34. The fourth-order valence-corrected chi connectivity index (χ4v) is 4.73. The number of anilines is 1. The van der Waals surface area contributed by atoms with Crippen molar-refractivity contribution >= 4 is 5.82 Å². The quantitative estimate of drug-likeness (QED) is 0.803. The Hall–Kier alpha value is -2.68. The number of piperidine rings is 1. The Morgan fingerprint density at radius 2 is 1.90 bits per heavy atom. The second-order valence-corrected chi connectivity index (χ2v) is 8.79. The van der Waals surface area contributed by atoms with Gasteiger partial charge in [0.25, 0.3) is 5.56 Å². The average Bonchev–Trinajstić information content (AvgIpc) is 3.60. The van der Waals surface area contributed by atoms with Gasteiger partial charge in [-0.15, -0.1) is 0 Å². The maximum atomic E-state index is 12.4. The van der Waals surface area contributed by atoms with Crippen molar-refractivity contribution in [3.63, 3.8) is 0 Å². The summed E-state index contributed by atoms with van der Waals surface area (Å²) >= 11 is 0. The molecule has 2 aliphatic carbocycles. The van der Waals surface area contributed by atoms with E-state index in [0.29, 0.717) is 17.4 Å². The number of fused-ring (bicyclic) bond motifs is 1. The van der Waals surface area contributed by atoms with E-state index >= 15 is 0 Å².